The smallest absolute Gasteiger partial charge is 0.319 e. The summed E-state index contributed by atoms with van der Waals surface area (Å²) >= 11 is 1.67. The minimum atomic E-state index is -0.532. The molecule has 4 bridgehead atoms. The van der Waals surface area contributed by atoms with Crippen LogP contribution >= 0.6 is 11.8 Å². The largest absolute Gasteiger partial charge is 0.396 e. The minimum Gasteiger partial charge on any atom is -0.396 e. The van der Waals surface area contributed by atoms with Gasteiger partial charge in [-0.15, -0.1) is 0 Å². The van der Waals surface area contributed by atoms with Crippen LogP contribution in [0.5, 0.6) is 0 Å². The van der Waals surface area contributed by atoms with Crippen LogP contribution in [0.2, 0.25) is 0 Å². The van der Waals surface area contributed by atoms with Crippen molar-refractivity contribution in [3.05, 3.63) is 65.2 Å². The van der Waals surface area contributed by atoms with E-state index in [2.05, 4.69) is 10.6 Å². The van der Waals surface area contributed by atoms with Crippen molar-refractivity contribution < 1.29 is 24.5 Å². The average molecular weight is 553 g/mol. The van der Waals surface area contributed by atoms with Crippen LogP contribution in [-0.4, -0.2) is 46.0 Å². The van der Waals surface area contributed by atoms with Crippen molar-refractivity contribution in [1.82, 2.24) is 5.32 Å². The molecular formula is C31H40N2O5S. The minimum absolute atomic E-state index is 0.0128. The molecule has 7 nitrogen and oxygen atoms in total. The number of rotatable bonds is 9. The van der Waals surface area contributed by atoms with Crippen LogP contribution in [-0.2, 0) is 16.1 Å². The second-order valence-corrected chi connectivity index (χ2v) is 13.2. The number of benzene rings is 2. The second-order valence-electron chi connectivity index (χ2n) is 12.0. The van der Waals surface area contributed by atoms with E-state index in [9.17, 15) is 15.0 Å². The fourth-order valence-electron chi connectivity index (χ4n) is 7.69. The zero-order valence-electron chi connectivity index (χ0n) is 22.4. The summed E-state index contributed by atoms with van der Waals surface area (Å²) in [4.78, 5) is 13.0. The van der Waals surface area contributed by atoms with Crippen LogP contribution < -0.4 is 10.6 Å². The summed E-state index contributed by atoms with van der Waals surface area (Å²) in [5.41, 5.74) is 3.56. The van der Waals surface area contributed by atoms with Crippen LogP contribution in [0.15, 0.2) is 48.5 Å². The lowest BCUT2D eigenvalue weighted by Gasteiger charge is -2.56. The molecule has 1 aliphatic heterocycles. The predicted molar refractivity (Wildman–Crippen MR) is 152 cm³/mol. The lowest BCUT2D eigenvalue weighted by molar-refractivity contribution is -0.245. The molecule has 1 saturated heterocycles. The van der Waals surface area contributed by atoms with Crippen molar-refractivity contribution >= 4 is 23.5 Å². The van der Waals surface area contributed by atoms with Crippen LogP contribution in [0.3, 0.4) is 0 Å². The van der Waals surface area contributed by atoms with Crippen molar-refractivity contribution in [2.45, 2.75) is 75.6 Å². The van der Waals surface area contributed by atoms with Crippen LogP contribution in [0.4, 0.5) is 10.5 Å². The van der Waals surface area contributed by atoms with Gasteiger partial charge in [0.2, 0.25) is 0 Å². The molecule has 7 rings (SSSR count). The number of thioether (sulfide) groups is 1. The Hall–Kier alpha value is -2.10. The van der Waals surface area contributed by atoms with E-state index in [0.29, 0.717) is 5.75 Å². The van der Waals surface area contributed by atoms with Crippen molar-refractivity contribution in [2.24, 2.45) is 17.8 Å². The van der Waals surface area contributed by atoms with E-state index in [0.717, 1.165) is 71.6 Å². The van der Waals surface area contributed by atoms with Gasteiger partial charge in [0.15, 0.2) is 6.29 Å². The van der Waals surface area contributed by atoms with Gasteiger partial charge in [0, 0.05) is 34.7 Å². The molecule has 8 heteroatoms. The number of nitrogens with one attached hydrogen (secondary N) is 2. The quantitative estimate of drug-likeness (QED) is 0.305. The van der Waals surface area contributed by atoms with Gasteiger partial charge in [-0.1, -0.05) is 36.4 Å². The molecule has 0 aromatic heterocycles. The Morgan fingerprint density at radius 1 is 0.872 bits per heavy atom. The summed E-state index contributed by atoms with van der Waals surface area (Å²) < 4.78 is 12.7. The number of anilines is 1. The van der Waals surface area contributed by atoms with Gasteiger partial charge in [0.25, 0.3) is 0 Å². The number of carbonyl (C=O) groups excluding carboxylic acids is 1. The monoisotopic (exact) mass is 552 g/mol. The van der Waals surface area contributed by atoms with E-state index in [1.165, 1.54) is 19.3 Å². The molecule has 39 heavy (non-hydrogen) atoms. The number of ether oxygens (including phenoxy) is 2. The molecule has 0 spiro atoms. The van der Waals surface area contributed by atoms with Crippen molar-refractivity contribution in [3.8, 4) is 0 Å². The zero-order valence-corrected chi connectivity index (χ0v) is 23.2. The molecule has 5 aliphatic rings. The first-order chi connectivity index (χ1) is 19.0. The molecule has 210 valence electrons. The predicted octanol–water partition coefficient (Wildman–Crippen LogP) is 5.54. The maximum atomic E-state index is 13.0. The van der Waals surface area contributed by atoms with Crippen LogP contribution in [0.1, 0.15) is 74.0 Å². The molecule has 0 radical (unpaired) electrons. The lowest BCUT2D eigenvalue weighted by atomic mass is 9.53. The standard InChI is InChI=1S/C31H40N2O5S/c34-9-10-39-19-27-14-28(24-3-1-20(18-35)2-4-24)38-29(37-27)25-5-7-26(8-6-25)32-30(36)33-31-15-21-11-22(16-31)13-23(12-21)17-31/h1-8,21-23,27-29,34-35H,9-19H2,(H2,32,33,36). The Morgan fingerprint density at radius 3 is 2.13 bits per heavy atom. The number of hydrogen-bond acceptors (Lipinski definition) is 6. The van der Waals surface area contributed by atoms with E-state index < -0.39 is 6.29 Å². The summed E-state index contributed by atoms with van der Waals surface area (Å²) in [6, 6.07) is 15.5. The molecule has 4 aliphatic carbocycles. The van der Waals surface area contributed by atoms with E-state index in [-0.39, 0.29) is 37.0 Å². The highest BCUT2D eigenvalue weighted by Gasteiger charge is 2.51. The number of hydrogen-bond donors (Lipinski definition) is 4. The second kappa shape index (κ2) is 11.8. The van der Waals surface area contributed by atoms with Crippen molar-refractivity contribution in [2.75, 3.05) is 23.4 Å². The summed E-state index contributed by atoms with van der Waals surface area (Å²) in [5, 5.41) is 25.0. The molecule has 2 aromatic carbocycles. The van der Waals surface area contributed by atoms with Gasteiger partial charge in [-0.05, 0) is 79.5 Å². The van der Waals surface area contributed by atoms with Gasteiger partial charge in [-0.2, -0.15) is 11.8 Å². The lowest BCUT2D eigenvalue weighted by Crippen LogP contribution is -2.60. The molecule has 2 aromatic rings. The Balaban J connectivity index is 1.10. The molecule has 3 unspecified atom stereocenters. The maximum Gasteiger partial charge on any atom is 0.319 e. The summed E-state index contributed by atoms with van der Waals surface area (Å²) in [5.74, 6) is 3.80. The molecule has 4 N–H and O–H groups in total. The normalized spacial score (nSPS) is 33.2. The first kappa shape index (κ1) is 27.1. The van der Waals surface area contributed by atoms with Gasteiger partial charge in [-0.25, -0.2) is 4.79 Å². The Labute approximate surface area is 235 Å². The molecule has 2 amide bonds. The van der Waals surface area contributed by atoms with Crippen molar-refractivity contribution in [1.29, 1.82) is 0 Å². The van der Waals surface area contributed by atoms with E-state index in [1.807, 2.05) is 48.5 Å². The number of amides is 2. The fraction of sp³-hybridized carbons (Fsp3) is 0.581. The van der Waals surface area contributed by atoms with Crippen LogP contribution in [0.25, 0.3) is 0 Å². The fourth-order valence-corrected chi connectivity index (χ4v) is 8.47. The van der Waals surface area contributed by atoms with E-state index in [4.69, 9.17) is 9.47 Å². The van der Waals surface area contributed by atoms with Gasteiger partial charge < -0.3 is 30.3 Å². The summed E-state index contributed by atoms with van der Waals surface area (Å²) in [6.07, 6.45) is 7.47. The zero-order chi connectivity index (χ0) is 26.8. The van der Waals surface area contributed by atoms with Gasteiger partial charge in [0.1, 0.15) is 0 Å². The SMILES string of the molecule is O=C(Nc1ccc(C2OC(CSCCO)CC(c3ccc(CO)cc3)O2)cc1)NC12CC3CC(CC(C3)C1)C2. The average Bonchev–Trinajstić information content (AvgIpc) is 2.92. The Morgan fingerprint density at radius 2 is 1.51 bits per heavy atom. The highest BCUT2D eigenvalue weighted by Crippen LogP contribution is 2.55. The first-order valence-corrected chi connectivity index (χ1v) is 15.5. The molecule has 1 heterocycles. The highest BCUT2D eigenvalue weighted by atomic mass is 32.2. The first-order valence-electron chi connectivity index (χ1n) is 14.4. The Kier molecular flexibility index (Phi) is 8.19. The Bertz CT molecular complexity index is 1090. The summed E-state index contributed by atoms with van der Waals surface area (Å²) in [7, 11) is 0. The number of aliphatic hydroxyl groups excluding tert-OH is 2. The van der Waals surface area contributed by atoms with Crippen molar-refractivity contribution in [3.63, 3.8) is 0 Å². The van der Waals surface area contributed by atoms with E-state index in [1.54, 1.807) is 11.8 Å². The molecular weight excluding hydrogens is 512 g/mol. The molecule has 4 saturated carbocycles. The highest BCUT2D eigenvalue weighted by molar-refractivity contribution is 7.99. The van der Waals surface area contributed by atoms with Gasteiger partial charge in [0.05, 0.1) is 25.4 Å². The summed E-state index contributed by atoms with van der Waals surface area (Å²) in [6.45, 7) is 0.160. The molecule has 5 fully saturated rings. The third-order valence-corrected chi connectivity index (χ3v) is 10.1. The number of aliphatic hydroxyl groups is 2. The van der Waals surface area contributed by atoms with Gasteiger partial charge in [-0.3, -0.25) is 0 Å². The topological polar surface area (TPSA) is 100 Å². The van der Waals surface area contributed by atoms with Gasteiger partial charge >= 0.3 is 6.03 Å². The molecule has 3 atom stereocenters. The van der Waals surface area contributed by atoms with Crippen LogP contribution in [0, 0.1) is 17.8 Å². The van der Waals surface area contributed by atoms with E-state index >= 15 is 0 Å². The number of carbonyl (C=O) groups is 1. The third-order valence-electron chi connectivity index (χ3n) is 9.01. The third kappa shape index (κ3) is 6.30. The number of urea groups is 1. The maximum absolute atomic E-state index is 13.0.